The Kier molecular flexibility index (Phi) is 4.79. The molecule has 24 heavy (non-hydrogen) atoms. The number of anilines is 1. The third-order valence-corrected chi connectivity index (χ3v) is 5.17. The van der Waals surface area contributed by atoms with Crippen molar-refractivity contribution in [1.29, 1.82) is 0 Å². The van der Waals surface area contributed by atoms with Crippen LogP contribution in [0, 0.1) is 30.9 Å². The minimum Gasteiger partial charge on any atom is -0.496 e. The average molecular weight is 350 g/mol. The number of rotatable bonds is 5. The Morgan fingerprint density at radius 1 is 1.04 bits per heavy atom. The second kappa shape index (κ2) is 6.48. The summed E-state index contributed by atoms with van der Waals surface area (Å²) in [4.78, 5) is 10.4. The first-order chi connectivity index (χ1) is 11.2. The number of nitro benzene ring substituents is 1. The van der Waals surface area contributed by atoms with E-state index in [9.17, 15) is 18.5 Å². The fourth-order valence-corrected chi connectivity index (χ4v) is 3.74. The standard InChI is InChI=1S/C16H18N2O5S/c1-10-5-6-13(18(19)20)9-14(10)17-24(21,22)16-8-11(2)15(23-4)7-12(16)3/h5-9,17H,1-4H3. The first-order valence-corrected chi connectivity index (χ1v) is 8.57. The van der Waals surface area contributed by atoms with E-state index >= 15 is 0 Å². The molecule has 2 aromatic rings. The van der Waals surface area contributed by atoms with E-state index in [2.05, 4.69) is 4.72 Å². The van der Waals surface area contributed by atoms with E-state index in [-0.39, 0.29) is 16.3 Å². The van der Waals surface area contributed by atoms with Gasteiger partial charge in [-0.15, -0.1) is 0 Å². The van der Waals surface area contributed by atoms with Crippen LogP contribution in [0.2, 0.25) is 0 Å². The van der Waals surface area contributed by atoms with Crippen LogP contribution < -0.4 is 9.46 Å². The molecule has 0 saturated carbocycles. The van der Waals surface area contributed by atoms with Gasteiger partial charge in [-0.3, -0.25) is 14.8 Å². The second-order valence-corrected chi connectivity index (χ2v) is 7.10. The van der Waals surface area contributed by atoms with Gasteiger partial charge in [0.15, 0.2) is 0 Å². The van der Waals surface area contributed by atoms with Crippen molar-refractivity contribution in [3.05, 3.63) is 57.1 Å². The van der Waals surface area contributed by atoms with Crippen LogP contribution in [-0.4, -0.2) is 20.5 Å². The van der Waals surface area contributed by atoms with E-state index in [0.717, 1.165) is 0 Å². The lowest BCUT2D eigenvalue weighted by atomic mass is 10.1. The molecule has 8 heteroatoms. The number of nitrogens with zero attached hydrogens (tertiary/aromatic N) is 1. The van der Waals surface area contributed by atoms with Crippen LogP contribution in [-0.2, 0) is 10.0 Å². The Morgan fingerprint density at radius 2 is 1.71 bits per heavy atom. The van der Waals surface area contributed by atoms with Crippen molar-refractivity contribution >= 4 is 21.4 Å². The first kappa shape index (κ1) is 17.7. The van der Waals surface area contributed by atoms with Crippen LogP contribution >= 0.6 is 0 Å². The molecule has 0 unspecified atom stereocenters. The summed E-state index contributed by atoms with van der Waals surface area (Å²) in [6.07, 6.45) is 0. The number of aryl methyl sites for hydroxylation is 3. The van der Waals surface area contributed by atoms with Crippen LogP contribution in [0.25, 0.3) is 0 Å². The number of non-ortho nitro benzene ring substituents is 1. The number of sulfonamides is 1. The Morgan fingerprint density at radius 3 is 2.29 bits per heavy atom. The van der Waals surface area contributed by atoms with Crippen molar-refractivity contribution < 1.29 is 18.1 Å². The molecule has 7 nitrogen and oxygen atoms in total. The van der Waals surface area contributed by atoms with Crippen LogP contribution in [0.5, 0.6) is 5.75 Å². The van der Waals surface area contributed by atoms with Crippen molar-refractivity contribution in [3.63, 3.8) is 0 Å². The van der Waals surface area contributed by atoms with Gasteiger partial charge in [-0.25, -0.2) is 8.42 Å². The maximum atomic E-state index is 12.7. The summed E-state index contributed by atoms with van der Waals surface area (Å²) >= 11 is 0. The number of hydrogen-bond donors (Lipinski definition) is 1. The molecule has 0 heterocycles. The monoisotopic (exact) mass is 350 g/mol. The Balaban J connectivity index is 2.48. The molecule has 0 bridgehead atoms. The summed E-state index contributed by atoms with van der Waals surface area (Å²) in [6.45, 7) is 5.08. The van der Waals surface area contributed by atoms with Crippen molar-refractivity contribution in [2.75, 3.05) is 11.8 Å². The molecule has 0 saturated heterocycles. The third-order valence-electron chi connectivity index (χ3n) is 3.66. The number of ether oxygens (including phenoxy) is 1. The zero-order valence-electron chi connectivity index (χ0n) is 13.8. The van der Waals surface area contributed by atoms with Gasteiger partial charge < -0.3 is 4.74 Å². The molecule has 0 spiro atoms. The third kappa shape index (κ3) is 3.48. The minimum atomic E-state index is -3.88. The van der Waals surface area contributed by atoms with E-state index in [1.54, 1.807) is 26.8 Å². The highest BCUT2D eigenvalue weighted by Crippen LogP contribution is 2.29. The largest absolute Gasteiger partial charge is 0.496 e. The molecule has 0 atom stereocenters. The number of nitrogens with one attached hydrogen (secondary N) is 1. The summed E-state index contributed by atoms with van der Waals surface area (Å²) in [5.41, 5.74) is 1.79. The highest BCUT2D eigenvalue weighted by molar-refractivity contribution is 7.92. The van der Waals surface area contributed by atoms with E-state index < -0.39 is 14.9 Å². The fourth-order valence-electron chi connectivity index (χ4n) is 2.31. The molecule has 0 aliphatic rings. The normalized spacial score (nSPS) is 11.2. The minimum absolute atomic E-state index is 0.103. The van der Waals surface area contributed by atoms with Gasteiger partial charge in [-0.1, -0.05) is 6.07 Å². The lowest BCUT2D eigenvalue weighted by Crippen LogP contribution is -2.15. The van der Waals surface area contributed by atoms with Gasteiger partial charge in [-0.2, -0.15) is 0 Å². The molecule has 2 aromatic carbocycles. The molecule has 0 amide bonds. The van der Waals surface area contributed by atoms with Gasteiger partial charge in [0.05, 0.1) is 22.6 Å². The lowest BCUT2D eigenvalue weighted by Gasteiger charge is -2.14. The van der Waals surface area contributed by atoms with Crippen LogP contribution in [0.15, 0.2) is 35.2 Å². The smallest absolute Gasteiger partial charge is 0.271 e. The Hall–Kier alpha value is -2.61. The quantitative estimate of drug-likeness (QED) is 0.659. The van der Waals surface area contributed by atoms with Gasteiger partial charge in [0.2, 0.25) is 0 Å². The zero-order valence-corrected chi connectivity index (χ0v) is 14.6. The molecule has 2 rings (SSSR count). The van der Waals surface area contributed by atoms with Crippen molar-refractivity contribution in [2.45, 2.75) is 25.7 Å². The van der Waals surface area contributed by atoms with E-state index in [1.165, 1.54) is 31.4 Å². The van der Waals surface area contributed by atoms with Crippen LogP contribution in [0.3, 0.4) is 0 Å². The number of methoxy groups -OCH3 is 1. The molecular weight excluding hydrogens is 332 g/mol. The molecule has 128 valence electrons. The van der Waals surface area contributed by atoms with E-state index in [0.29, 0.717) is 22.4 Å². The lowest BCUT2D eigenvalue weighted by molar-refractivity contribution is -0.384. The molecule has 0 aromatic heterocycles. The average Bonchev–Trinajstić information content (AvgIpc) is 2.50. The van der Waals surface area contributed by atoms with Crippen LogP contribution in [0.4, 0.5) is 11.4 Å². The fraction of sp³-hybridized carbons (Fsp3) is 0.250. The SMILES string of the molecule is COc1cc(C)c(S(=O)(=O)Nc2cc([N+](=O)[O-])ccc2C)cc1C. The van der Waals surface area contributed by atoms with Gasteiger partial charge >= 0.3 is 0 Å². The van der Waals surface area contributed by atoms with Crippen LogP contribution in [0.1, 0.15) is 16.7 Å². The summed E-state index contributed by atoms with van der Waals surface area (Å²) in [5, 5.41) is 10.9. The molecule has 0 fully saturated rings. The predicted octanol–water partition coefficient (Wildman–Crippen LogP) is 3.33. The highest BCUT2D eigenvalue weighted by Gasteiger charge is 2.21. The maximum Gasteiger partial charge on any atom is 0.271 e. The predicted molar refractivity (Wildman–Crippen MR) is 91.1 cm³/mol. The second-order valence-electron chi connectivity index (χ2n) is 5.45. The maximum absolute atomic E-state index is 12.7. The molecular formula is C16H18N2O5S. The molecule has 0 aliphatic carbocycles. The number of hydrogen-bond acceptors (Lipinski definition) is 5. The van der Waals surface area contributed by atoms with Gasteiger partial charge in [0.25, 0.3) is 15.7 Å². The molecule has 1 N–H and O–H groups in total. The molecule has 0 radical (unpaired) electrons. The summed E-state index contributed by atoms with van der Waals surface area (Å²) in [6, 6.07) is 7.20. The summed E-state index contributed by atoms with van der Waals surface area (Å²) < 4.78 is 33.0. The number of benzene rings is 2. The van der Waals surface area contributed by atoms with Gasteiger partial charge in [0, 0.05) is 12.1 Å². The Bertz CT molecular complexity index is 907. The first-order valence-electron chi connectivity index (χ1n) is 7.09. The van der Waals surface area contributed by atoms with Crippen molar-refractivity contribution in [2.24, 2.45) is 0 Å². The van der Waals surface area contributed by atoms with Crippen molar-refractivity contribution in [3.8, 4) is 5.75 Å². The number of nitro groups is 1. The van der Waals surface area contributed by atoms with Gasteiger partial charge in [-0.05, 0) is 49.6 Å². The summed E-state index contributed by atoms with van der Waals surface area (Å²) in [7, 11) is -2.37. The zero-order chi connectivity index (χ0) is 18.1. The van der Waals surface area contributed by atoms with E-state index in [4.69, 9.17) is 4.74 Å². The molecule has 0 aliphatic heterocycles. The van der Waals surface area contributed by atoms with Gasteiger partial charge in [0.1, 0.15) is 5.75 Å². The highest BCUT2D eigenvalue weighted by atomic mass is 32.2. The van der Waals surface area contributed by atoms with E-state index in [1.807, 2.05) is 0 Å². The summed E-state index contributed by atoms with van der Waals surface area (Å²) in [5.74, 6) is 0.595. The topological polar surface area (TPSA) is 98.5 Å². The Labute approximate surface area is 140 Å². The van der Waals surface area contributed by atoms with Crippen molar-refractivity contribution in [1.82, 2.24) is 0 Å².